The Balaban J connectivity index is 0.000000224. The third-order valence-corrected chi connectivity index (χ3v) is 10.7. The highest BCUT2D eigenvalue weighted by atomic mass is 35.5. The number of methoxy groups -OCH3 is 2. The molecule has 2 heterocycles. The van der Waals surface area contributed by atoms with Crippen LogP contribution >= 0.6 is 23.2 Å². The van der Waals surface area contributed by atoms with E-state index in [1.807, 2.05) is 0 Å². The van der Waals surface area contributed by atoms with E-state index in [9.17, 15) is 63.4 Å². The van der Waals surface area contributed by atoms with Gasteiger partial charge in [-0.1, -0.05) is 37.0 Å². The average Bonchev–Trinajstić information content (AvgIpc) is 3.58. The van der Waals surface area contributed by atoms with Gasteiger partial charge in [-0.15, -0.1) is 0 Å². The van der Waals surface area contributed by atoms with Crippen molar-refractivity contribution in [3.8, 4) is 34.5 Å². The molecule has 0 unspecified atom stereocenters. The van der Waals surface area contributed by atoms with Crippen molar-refractivity contribution in [3.05, 3.63) is 57.0 Å². The number of alkyl halides is 7. The largest absolute Gasteiger partial charge is 0.534 e. The zero-order chi connectivity index (χ0) is 42.7. The third-order valence-electron chi connectivity index (χ3n) is 9.05. The van der Waals surface area contributed by atoms with Crippen molar-refractivity contribution in [2.75, 3.05) is 14.2 Å². The molecule has 0 radical (unpaired) electrons. The van der Waals surface area contributed by atoms with Gasteiger partial charge in [0, 0.05) is 49.0 Å². The van der Waals surface area contributed by atoms with Crippen molar-refractivity contribution in [3.63, 3.8) is 0 Å². The topological polar surface area (TPSA) is 187 Å². The van der Waals surface area contributed by atoms with E-state index in [1.165, 1.54) is 14.0 Å². The Morgan fingerprint density at radius 3 is 1.54 bits per heavy atom. The van der Waals surface area contributed by atoms with Crippen molar-refractivity contribution in [2.24, 2.45) is 11.8 Å². The molecular weight excluding hydrogens is 856 g/mol. The van der Waals surface area contributed by atoms with E-state index < -0.39 is 109 Å². The van der Waals surface area contributed by atoms with Crippen LogP contribution in [-0.4, -0.2) is 80.8 Å². The summed E-state index contributed by atoms with van der Waals surface area (Å²) in [5.41, 5.74) is -10.7. The molecule has 4 aliphatic rings. The molecule has 6 rings (SSSR count). The number of carbonyl (C=O) groups is 4. The van der Waals surface area contributed by atoms with Crippen LogP contribution in [0.25, 0.3) is 0 Å². The first kappa shape index (κ1) is 43.2. The molecule has 0 aromatic heterocycles. The summed E-state index contributed by atoms with van der Waals surface area (Å²) in [4.78, 5) is 50.1. The lowest BCUT2D eigenvalue weighted by molar-refractivity contribution is -0.119. The molecule has 57 heavy (non-hydrogen) atoms. The maximum Gasteiger partial charge on any atom is 0.534 e. The first-order valence-corrected chi connectivity index (χ1v) is 17.9. The summed E-state index contributed by atoms with van der Waals surface area (Å²) in [5, 5.41) is 8.58. The smallest absolute Gasteiger partial charge is 0.506 e. The van der Waals surface area contributed by atoms with Crippen molar-refractivity contribution in [1.29, 1.82) is 0 Å². The molecule has 0 saturated heterocycles. The predicted molar refractivity (Wildman–Crippen MR) is 177 cm³/mol. The molecule has 4 atom stereocenters. The molecule has 24 heteroatoms. The summed E-state index contributed by atoms with van der Waals surface area (Å²) >= 11 is 11.9. The first-order valence-electron chi connectivity index (χ1n) is 15.8. The summed E-state index contributed by atoms with van der Waals surface area (Å²) in [7, 11) is -3.91. The van der Waals surface area contributed by atoms with Crippen LogP contribution in [0.4, 0.5) is 30.7 Å². The molecule has 0 amide bonds. The Bertz CT molecular complexity index is 2250. The second-order valence-corrected chi connectivity index (χ2v) is 14.7. The van der Waals surface area contributed by atoms with E-state index in [0.717, 1.165) is 25.3 Å². The van der Waals surface area contributed by atoms with E-state index >= 15 is 0 Å². The van der Waals surface area contributed by atoms with E-state index in [1.54, 1.807) is 6.92 Å². The minimum atomic E-state index is -6.27. The van der Waals surface area contributed by atoms with Crippen LogP contribution < -0.4 is 23.1 Å². The molecule has 14 nitrogen and oxygen atoms in total. The van der Waals surface area contributed by atoms with Crippen LogP contribution in [0.3, 0.4) is 0 Å². The van der Waals surface area contributed by atoms with E-state index in [4.69, 9.17) is 42.1 Å². The van der Waals surface area contributed by atoms with Crippen molar-refractivity contribution in [1.82, 2.24) is 0 Å². The normalized spacial score (nSPS) is 24.0. The number of aromatic hydroxyl groups is 1. The Morgan fingerprint density at radius 1 is 0.754 bits per heavy atom. The first-order chi connectivity index (χ1) is 26.4. The summed E-state index contributed by atoms with van der Waals surface area (Å²) in [6.45, 7) is -3.80. The fourth-order valence-corrected chi connectivity index (χ4v) is 7.52. The monoisotopic (exact) mass is 880 g/mol. The Labute approximate surface area is 326 Å². The van der Waals surface area contributed by atoms with Crippen molar-refractivity contribution < 1.29 is 96.0 Å². The Kier molecular flexibility index (Phi) is 11.4. The Hall–Kier alpha value is -4.96. The number of rotatable bonds is 8. The molecule has 2 aromatic carbocycles. The molecular formula is C33H25Cl2F7O14S. The second kappa shape index (κ2) is 15.1. The minimum Gasteiger partial charge on any atom is -0.506 e. The van der Waals surface area contributed by atoms with Crippen molar-refractivity contribution in [2.45, 2.75) is 56.6 Å². The number of ether oxygens (including phenoxy) is 6. The number of halogens is 9. The standard InChI is InChI=1S/C17H12ClF5O8S.C16H13ClF2O6/c1-6-3-7(24)4-10(28-2)16(6)14(25)11-8(29-15(19)20)5-9(12(18)13(11)30-16)31-32(26,27)17(21,22)23;1-6-3-7(20)4-10(23-2)16(6)14(22)11-9(24-15(18)19)5-8(21)12(17)13(11)25-16/h4-6,15H,3H2,1-2H3;4-6,15,21H,3H2,1-2H3/t2*6-,16+/m11/s1. The van der Waals surface area contributed by atoms with Crippen LogP contribution in [0, 0.1) is 11.8 Å². The number of hydrogen-bond donors (Lipinski definition) is 1. The van der Waals surface area contributed by atoms with Gasteiger partial charge < -0.3 is 37.7 Å². The number of Topliss-reactive ketones (excluding diaryl/α,β-unsaturated/α-hetero) is 2. The van der Waals surface area contributed by atoms with Gasteiger partial charge in [0.15, 0.2) is 40.3 Å². The van der Waals surface area contributed by atoms with Gasteiger partial charge >= 0.3 is 28.8 Å². The maximum atomic E-state index is 13.3. The van der Waals surface area contributed by atoms with E-state index in [0.29, 0.717) is 6.07 Å². The number of carbonyl (C=O) groups excluding carboxylic acids is 4. The summed E-state index contributed by atoms with van der Waals surface area (Å²) in [6.07, 6.45) is 1.82. The second-order valence-electron chi connectivity index (χ2n) is 12.4. The van der Waals surface area contributed by atoms with Gasteiger partial charge in [-0.25, -0.2) is 0 Å². The van der Waals surface area contributed by atoms with Gasteiger partial charge in [0.25, 0.3) is 0 Å². The lowest BCUT2D eigenvalue weighted by atomic mass is 9.75. The van der Waals surface area contributed by atoms with Gasteiger partial charge in [0.05, 0.1) is 14.2 Å². The highest BCUT2D eigenvalue weighted by molar-refractivity contribution is 7.88. The van der Waals surface area contributed by atoms with E-state index in [2.05, 4.69) is 13.7 Å². The molecule has 0 fully saturated rings. The molecule has 2 aromatic rings. The third kappa shape index (κ3) is 7.15. The molecule has 1 N–H and O–H groups in total. The molecule has 310 valence electrons. The van der Waals surface area contributed by atoms with Gasteiger partial charge in [-0.2, -0.15) is 39.2 Å². The summed E-state index contributed by atoms with van der Waals surface area (Å²) < 4.78 is 146. The summed E-state index contributed by atoms with van der Waals surface area (Å²) in [5.74, 6) is -8.96. The van der Waals surface area contributed by atoms with Gasteiger partial charge in [-0.05, 0) is 0 Å². The van der Waals surface area contributed by atoms with Crippen LogP contribution in [0.2, 0.25) is 10.0 Å². The molecule has 2 aliphatic heterocycles. The zero-order valence-corrected chi connectivity index (χ0v) is 31.4. The summed E-state index contributed by atoms with van der Waals surface area (Å²) in [6, 6.07) is 1.12. The van der Waals surface area contributed by atoms with Gasteiger partial charge in [-0.3, -0.25) is 19.2 Å². The average molecular weight is 882 g/mol. The van der Waals surface area contributed by atoms with Crippen LogP contribution in [-0.2, 0) is 29.2 Å². The number of phenols is 1. The number of hydrogen-bond acceptors (Lipinski definition) is 14. The van der Waals surface area contributed by atoms with Crippen molar-refractivity contribution >= 4 is 56.5 Å². The highest BCUT2D eigenvalue weighted by Crippen LogP contribution is 2.56. The quantitative estimate of drug-likeness (QED) is 0.167. The Morgan fingerprint density at radius 2 is 1.16 bits per heavy atom. The maximum absolute atomic E-state index is 13.3. The number of phenolic OH excluding ortho intramolecular Hbond substituents is 1. The number of ketones is 4. The molecule has 2 aliphatic carbocycles. The number of benzene rings is 2. The van der Waals surface area contributed by atoms with Crippen LogP contribution in [0.15, 0.2) is 35.8 Å². The lowest BCUT2D eigenvalue weighted by Crippen LogP contribution is -2.51. The number of fused-ring (bicyclic) bond motifs is 2. The van der Waals surface area contributed by atoms with Gasteiger partial charge in [0.1, 0.15) is 38.4 Å². The predicted octanol–water partition coefficient (Wildman–Crippen LogP) is 6.72. The molecule has 2 spiro atoms. The zero-order valence-electron chi connectivity index (χ0n) is 29.1. The van der Waals surface area contributed by atoms with Gasteiger partial charge in [0.2, 0.25) is 22.8 Å². The fraction of sp³-hybridized carbons (Fsp3) is 0.394. The lowest BCUT2D eigenvalue weighted by Gasteiger charge is -2.36. The highest BCUT2D eigenvalue weighted by Gasteiger charge is 2.61. The minimum absolute atomic E-state index is 0.0127. The number of allylic oxidation sites excluding steroid dienone is 2. The molecule has 0 saturated carbocycles. The fourth-order valence-electron chi connectivity index (χ4n) is 6.59. The van der Waals surface area contributed by atoms with Crippen LogP contribution in [0.5, 0.6) is 34.5 Å². The van der Waals surface area contributed by atoms with Crippen LogP contribution in [0.1, 0.15) is 47.4 Å². The van der Waals surface area contributed by atoms with E-state index in [-0.39, 0.29) is 46.5 Å². The molecule has 0 bridgehead atoms. The SMILES string of the molecule is COC1=CC(=O)C[C@@H](C)[C@]12Oc1c(Cl)c(O)cc(OC(F)F)c1C2=O.COC1=CC(=O)C[C@@H](C)[C@]12Oc1c(Cl)c(OS(=O)(=O)C(F)(F)F)cc(OC(F)F)c1C2=O.